The van der Waals surface area contributed by atoms with Crippen LogP contribution in [0.15, 0.2) is 23.9 Å². The lowest BCUT2D eigenvalue weighted by Gasteiger charge is -2.10. The molecule has 56 valence electrons. The summed E-state index contributed by atoms with van der Waals surface area (Å²) in [6, 6.07) is -0.465. The lowest BCUT2D eigenvalue weighted by atomic mass is 10.1. The Morgan fingerprint density at radius 3 is 2.91 bits per heavy atom. The highest BCUT2D eigenvalue weighted by atomic mass is 16.2. The molecular weight excluding hydrogens is 144 g/mol. The van der Waals surface area contributed by atoms with Crippen molar-refractivity contribution < 1.29 is 9.59 Å². The van der Waals surface area contributed by atoms with Crippen LogP contribution in [0, 0.1) is 0 Å². The van der Waals surface area contributed by atoms with Crippen molar-refractivity contribution in [3.8, 4) is 0 Å². The Morgan fingerprint density at radius 2 is 2.18 bits per heavy atom. The average molecular weight is 150 g/mol. The third kappa shape index (κ3) is 0.756. The molecule has 2 rings (SSSR count). The van der Waals surface area contributed by atoms with Crippen LogP contribution in [0.25, 0.3) is 0 Å². The first kappa shape index (κ1) is 6.15. The van der Waals surface area contributed by atoms with Gasteiger partial charge in [0, 0.05) is 5.57 Å². The van der Waals surface area contributed by atoms with Crippen molar-refractivity contribution in [3.63, 3.8) is 0 Å². The smallest absolute Gasteiger partial charge is 0.256 e. The van der Waals surface area contributed by atoms with Crippen LogP contribution < -0.4 is 10.6 Å². The van der Waals surface area contributed by atoms with Crippen LogP contribution in [-0.2, 0) is 9.59 Å². The first-order valence-electron chi connectivity index (χ1n) is 3.27. The van der Waals surface area contributed by atoms with Gasteiger partial charge in [-0.15, -0.1) is 0 Å². The summed E-state index contributed by atoms with van der Waals surface area (Å²) in [5.41, 5.74) is 0.498. The molecule has 11 heavy (non-hydrogen) atoms. The zero-order valence-corrected chi connectivity index (χ0v) is 5.63. The molecule has 1 saturated heterocycles. The third-order valence-corrected chi connectivity index (χ3v) is 1.71. The first-order chi connectivity index (χ1) is 5.29. The monoisotopic (exact) mass is 150 g/mol. The third-order valence-electron chi connectivity index (χ3n) is 1.71. The highest BCUT2D eigenvalue weighted by Gasteiger charge is 2.35. The maximum Gasteiger partial charge on any atom is 0.256 e. The molecule has 0 bridgehead atoms. The van der Waals surface area contributed by atoms with Crippen molar-refractivity contribution in [2.45, 2.75) is 6.04 Å². The molecule has 4 nitrogen and oxygen atoms in total. The molecule has 1 fully saturated rings. The van der Waals surface area contributed by atoms with Gasteiger partial charge in [0.05, 0.1) is 0 Å². The van der Waals surface area contributed by atoms with E-state index in [1.54, 1.807) is 18.4 Å². The van der Waals surface area contributed by atoms with Gasteiger partial charge in [0.2, 0.25) is 0 Å². The van der Waals surface area contributed by atoms with E-state index in [0.717, 1.165) is 0 Å². The number of hydrogen-bond acceptors (Lipinski definition) is 3. The average Bonchev–Trinajstić information content (AvgIpc) is 2.30. The largest absolute Gasteiger partial charge is 0.376 e. The van der Waals surface area contributed by atoms with E-state index >= 15 is 0 Å². The van der Waals surface area contributed by atoms with Gasteiger partial charge in [0.1, 0.15) is 6.04 Å². The Kier molecular flexibility index (Phi) is 1.09. The van der Waals surface area contributed by atoms with E-state index in [4.69, 9.17) is 0 Å². The maximum absolute atomic E-state index is 10.9. The molecule has 2 aliphatic rings. The normalized spacial score (nSPS) is 27.3. The lowest BCUT2D eigenvalue weighted by Crippen LogP contribution is -2.34. The second kappa shape index (κ2) is 1.95. The second-order valence-electron chi connectivity index (χ2n) is 2.40. The molecule has 1 unspecified atom stereocenters. The van der Waals surface area contributed by atoms with E-state index < -0.39 is 6.04 Å². The molecule has 1 atom stereocenters. The van der Waals surface area contributed by atoms with Crippen molar-refractivity contribution in [2.75, 3.05) is 0 Å². The predicted molar refractivity (Wildman–Crippen MR) is 37.3 cm³/mol. The van der Waals surface area contributed by atoms with Crippen molar-refractivity contribution >= 4 is 11.8 Å². The number of allylic oxidation sites excluding steroid dienone is 2. The van der Waals surface area contributed by atoms with Crippen LogP contribution in [0.5, 0.6) is 0 Å². The van der Waals surface area contributed by atoms with Gasteiger partial charge in [-0.05, 0) is 18.4 Å². The van der Waals surface area contributed by atoms with Crippen LogP contribution in [0.3, 0.4) is 0 Å². The molecule has 4 heteroatoms. The van der Waals surface area contributed by atoms with Gasteiger partial charge in [-0.3, -0.25) is 14.9 Å². The number of carbonyl (C=O) groups excluding carboxylic acids is 2. The van der Waals surface area contributed by atoms with Gasteiger partial charge >= 0.3 is 0 Å². The maximum atomic E-state index is 10.9. The summed E-state index contributed by atoms with van der Waals surface area (Å²) in [5, 5.41) is 4.99. The lowest BCUT2D eigenvalue weighted by molar-refractivity contribution is -0.124. The molecule has 2 N–H and O–H groups in total. The zero-order valence-electron chi connectivity index (χ0n) is 5.63. The van der Waals surface area contributed by atoms with Crippen LogP contribution >= 0.6 is 0 Å². The molecule has 0 spiro atoms. The topological polar surface area (TPSA) is 58.2 Å². The summed E-state index contributed by atoms with van der Waals surface area (Å²) in [5.74, 6) is -0.567. The van der Waals surface area contributed by atoms with Gasteiger partial charge in [0.15, 0.2) is 0 Å². The van der Waals surface area contributed by atoms with E-state index in [-0.39, 0.29) is 11.8 Å². The molecule has 0 aromatic rings. The molecule has 2 aliphatic heterocycles. The minimum absolute atomic E-state index is 0.273. The number of dihydropyridines is 1. The molecule has 0 radical (unpaired) electrons. The number of hydrogen-bond donors (Lipinski definition) is 2. The summed E-state index contributed by atoms with van der Waals surface area (Å²) in [6.45, 7) is 0. The summed E-state index contributed by atoms with van der Waals surface area (Å²) in [6.07, 6.45) is 4.98. The Morgan fingerprint density at radius 1 is 1.36 bits per heavy atom. The van der Waals surface area contributed by atoms with Crippen LogP contribution in [0.4, 0.5) is 0 Å². The fraction of sp³-hybridized carbons (Fsp3) is 0.143. The fourth-order valence-corrected chi connectivity index (χ4v) is 1.17. The first-order valence-corrected chi connectivity index (χ1v) is 3.27. The fourth-order valence-electron chi connectivity index (χ4n) is 1.17. The molecule has 0 saturated carbocycles. The van der Waals surface area contributed by atoms with E-state index in [9.17, 15) is 9.59 Å². The molecule has 0 aromatic carbocycles. The Balaban J connectivity index is 2.42. The summed E-state index contributed by atoms with van der Waals surface area (Å²) in [4.78, 5) is 21.9. The van der Waals surface area contributed by atoms with E-state index in [0.29, 0.717) is 5.57 Å². The molecule has 0 aliphatic carbocycles. The highest BCUT2D eigenvalue weighted by Crippen LogP contribution is 2.13. The van der Waals surface area contributed by atoms with Crippen molar-refractivity contribution in [1.82, 2.24) is 10.6 Å². The molecule has 2 amide bonds. The van der Waals surface area contributed by atoms with Gasteiger partial charge in [-0.1, -0.05) is 0 Å². The van der Waals surface area contributed by atoms with Crippen LogP contribution in [0.2, 0.25) is 0 Å². The second-order valence-corrected chi connectivity index (χ2v) is 2.40. The minimum Gasteiger partial charge on any atom is -0.376 e. The molecule has 0 aromatic heterocycles. The van der Waals surface area contributed by atoms with Crippen LogP contribution in [-0.4, -0.2) is 17.9 Å². The van der Waals surface area contributed by atoms with Crippen LogP contribution in [0.1, 0.15) is 0 Å². The van der Waals surface area contributed by atoms with Crippen molar-refractivity contribution in [3.05, 3.63) is 23.9 Å². The number of carbonyl (C=O) groups is 2. The summed E-state index contributed by atoms with van der Waals surface area (Å²) >= 11 is 0. The number of rotatable bonds is 0. The van der Waals surface area contributed by atoms with Gasteiger partial charge < -0.3 is 5.32 Å². The van der Waals surface area contributed by atoms with E-state index in [2.05, 4.69) is 10.6 Å². The standard InChI is InChI=1S/C7H6N2O2/c10-6-4-2-1-3-8-5(4)7(11)9-6/h1-3,5,8H,(H,9,10,11). The summed E-state index contributed by atoms with van der Waals surface area (Å²) < 4.78 is 0. The Labute approximate surface area is 63.0 Å². The highest BCUT2D eigenvalue weighted by molar-refractivity contribution is 6.17. The Bertz CT molecular complexity index is 291. The minimum atomic E-state index is -0.465. The SMILES string of the molecule is O=C1NC(=O)C2NC=CC=C12. The van der Waals surface area contributed by atoms with E-state index in [1.807, 2.05) is 0 Å². The zero-order chi connectivity index (χ0) is 7.84. The number of amides is 2. The van der Waals surface area contributed by atoms with Gasteiger partial charge in [-0.25, -0.2) is 0 Å². The predicted octanol–water partition coefficient (Wildman–Crippen LogP) is -0.945. The van der Waals surface area contributed by atoms with Gasteiger partial charge in [0.25, 0.3) is 11.8 Å². The Hall–Kier alpha value is -1.58. The number of fused-ring (bicyclic) bond motifs is 1. The van der Waals surface area contributed by atoms with Gasteiger partial charge in [-0.2, -0.15) is 0 Å². The summed E-state index contributed by atoms with van der Waals surface area (Å²) in [7, 11) is 0. The number of imide groups is 1. The van der Waals surface area contributed by atoms with E-state index in [1.165, 1.54) is 0 Å². The quantitative estimate of drug-likeness (QED) is 0.438. The molecule has 2 heterocycles. The number of nitrogens with one attached hydrogen (secondary N) is 2. The van der Waals surface area contributed by atoms with Crippen molar-refractivity contribution in [2.24, 2.45) is 0 Å². The van der Waals surface area contributed by atoms with Crippen molar-refractivity contribution in [1.29, 1.82) is 0 Å². The molecular formula is C7H6N2O2.